The van der Waals surface area contributed by atoms with Crippen LogP contribution < -0.4 is 5.32 Å². The van der Waals surface area contributed by atoms with E-state index in [1.54, 1.807) is 17.2 Å². The first-order valence-corrected chi connectivity index (χ1v) is 8.21. The molecule has 26 heavy (non-hydrogen) atoms. The predicted molar refractivity (Wildman–Crippen MR) is 92.7 cm³/mol. The van der Waals surface area contributed by atoms with Gasteiger partial charge in [0.2, 0.25) is 0 Å². The molecule has 9 heteroatoms. The number of rotatable bonds is 3. The second-order valence-electron chi connectivity index (χ2n) is 6.20. The van der Waals surface area contributed by atoms with Gasteiger partial charge in [0.15, 0.2) is 5.76 Å². The van der Waals surface area contributed by atoms with Crippen molar-refractivity contribution >= 4 is 22.6 Å². The van der Waals surface area contributed by atoms with E-state index in [1.807, 2.05) is 17.8 Å². The van der Waals surface area contributed by atoms with Crippen molar-refractivity contribution in [2.75, 3.05) is 19.6 Å². The summed E-state index contributed by atoms with van der Waals surface area (Å²) >= 11 is 0. The summed E-state index contributed by atoms with van der Waals surface area (Å²) in [7, 11) is 1.89. The highest BCUT2D eigenvalue weighted by Gasteiger charge is 2.32. The molecule has 2 aromatic heterocycles. The fourth-order valence-electron chi connectivity index (χ4n) is 3.27. The molecule has 0 spiro atoms. The lowest BCUT2D eigenvalue weighted by molar-refractivity contribution is -0.384. The van der Waals surface area contributed by atoms with E-state index < -0.39 is 4.92 Å². The van der Waals surface area contributed by atoms with Gasteiger partial charge in [-0.15, -0.1) is 0 Å². The third-order valence-corrected chi connectivity index (χ3v) is 4.58. The normalized spacial score (nSPS) is 17.6. The van der Waals surface area contributed by atoms with Gasteiger partial charge in [0.25, 0.3) is 11.6 Å². The minimum Gasteiger partial charge on any atom is -0.451 e. The molecule has 1 aromatic carbocycles. The van der Waals surface area contributed by atoms with Gasteiger partial charge in [-0.1, -0.05) is 0 Å². The van der Waals surface area contributed by atoms with E-state index in [0.29, 0.717) is 30.6 Å². The third-order valence-electron chi connectivity index (χ3n) is 4.58. The number of fused-ring (bicyclic) bond motifs is 1. The SMILES string of the molecule is Cn1ccnc1C1CNCCN1C(=O)c1cc2cc([N+](=O)[O-])ccc2o1. The molecule has 1 unspecified atom stereocenters. The Morgan fingerprint density at radius 3 is 3.00 bits per heavy atom. The van der Waals surface area contributed by atoms with Gasteiger partial charge >= 0.3 is 0 Å². The van der Waals surface area contributed by atoms with Crippen molar-refractivity contribution in [1.82, 2.24) is 19.8 Å². The summed E-state index contributed by atoms with van der Waals surface area (Å²) in [5.74, 6) is 0.706. The Labute approximate surface area is 148 Å². The molecule has 4 rings (SSSR count). The van der Waals surface area contributed by atoms with Gasteiger partial charge < -0.3 is 19.2 Å². The van der Waals surface area contributed by atoms with Crippen molar-refractivity contribution in [2.24, 2.45) is 7.05 Å². The number of aromatic nitrogens is 2. The Morgan fingerprint density at radius 1 is 1.42 bits per heavy atom. The Bertz CT molecular complexity index is 992. The molecular formula is C17H17N5O4. The lowest BCUT2D eigenvalue weighted by Crippen LogP contribution is -2.49. The van der Waals surface area contributed by atoms with Gasteiger partial charge in [0.1, 0.15) is 17.4 Å². The number of aryl methyl sites for hydroxylation is 1. The lowest BCUT2D eigenvalue weighted by atomic mass is 10.1. The summed E-state index contributed by atoms with van der Waals surface area (Å²) in [4.78, 5) is 29.6. The first-order valence-electron chi connectivity index (χ1n) is 8.21. The molecule has 3 aromatic rings. The van der Waals surface area contributed by atoms with Crippen LogP contribution in [0.5, 0.6) is 0 Å². The summed E-state index contributed by atoms with van der Waals surface area (Å²) in [6.45, 7) is 1.80. The number of carbonyl (C=O) groups excluding carboxylic acids is 1. The highest BCUT2D eigenvalue weighted by Crippen LogP contribution is 2.28. The molecule has 1 atom stereocenters. The zero-order valence-electron chi connectivity index (χ0n) is 14.1. The summed E-state index contributed by atoms with van der Waals surface area (Å²) in [5.41, 5.74) is 0.410. The third kappa shape index (κ3) is 2.72. The Kier molecular flexibility index (Phi) is 3.92. The number of nitrogens with one attached hydrogen (secondary N) is 1. The van der Waals surface area contributed by atoms with E-state index in [2.05, 4.69) is 10.3 Å². The average molecular weight is 355 g/mol. The molecule has 9 nitrogen and oxygen atoms in total. The average Bonchev–Trinajstić information content (AvgIpc) is 3.26. The molecule has 1 fully saturated rings. The molecule has 1 aliphatic heterocycles. The maximum Gasteiger partial charge on any atom is 0.290 e. The van der Waals surface area contributed by atoms with Gasteiger partial charge in [-0.3, -0.25) is 14.9 Å². The van der Waals surface area contributed by atoms with E-state index in [4.69, 9.17) is 4.42 Å². The molecule has 3 heterocycles. The Morgan fingerprint density at radius 2 is 2.27 bits per heavy atom. The highest BCUT2D eigenvalue weighted by atomic mass is 16.6. The first-order chi connectivity index (χ1) is 12.5. The van der Waals surface area contributed by atoms with E-state index in [9.17, 15) is 14.9 Å². The van der Waals surface area contributed by atoms with Gasteiger partial charge in [-0.25, -0.2) is 4.98 Å². The van der Waals surface area contributed by atoms with Crippen molar-refractivity contribution in [2.45, 2.75) is 6.04 Å². The van der Waals surface area contributed by atoms with Crippen LogP contribution in [0.4, 0.5) is 5.69 Å². The number of benzene rings is 1. The monoisotopic (exact) mass is 355 g/mol. The summed E-state index contributed by atoms with van der Waals surface area (Å²) in [6.07, 6.45) is 3.54. The van der Waals surface area contributed by atoms with E-state index in [0.717, 1.165) is 5.82 Å². The lowest BCUT2D eigenvalue weighted by Gasteiger charge is -2.35. The van der Waals surface area contributed by atoms with Crippen LogP contribution in [0.1, 0.15) is 22.4 Å². The summed E-state index contributed by atoms with van der Waals surface area (Å²) in [6, 6.07) is 5.63. The molecule has 0 saturated carbocycles. The van der Waals surface area contributed by atoms with Crippen molar-refractivity contribution in [1.29, 1.82) is 0 Å². The van der Waals surface area contributed by atoms with Crippen molar-refractivity contribution in [3.63, 3.8) is 0 Å². The smallest absolute Gasteiger partial charge is 0.290 e. The van der Waals surface area contributed by atoms with Crippen LogP contribution in [-0.2, 0) is 7.05 Å². The van der Waals surface area contributed by atoms with Gasteiger partial charge in [-0.2, -0.15) is 0 Å². The second-order valence-corrected chi connectivity index (χ2v) is 6.20. The molecule has 1 amide bonds. The fraction of sp³-hybridized carbons (Fsp3) is 0.294. The van der Waals surface area contributed by atoms with Gasteiger partial charge in [0, 0.05) is 56.6 Å². The number of non-ortho nitro benzene ring substituents is 1. The Hall–Kier alpha value is -3.20. The van der Waals surface area contributed by atoms with Crippen molar-refractivity contribution < 1.29 is 14.1 Å². The number of nitro benzene ring substituents is 1. The standard InChI is InChI=1S/C17H17N5O4/c1-20-6-5-19-16(20)13-10-18-4-7-21(13)17(23)15-9-11-8-12(22(24)25)2-3-14(11)26-15/h2-3,5-6,8-9,13,18H,4,7,10H2,1H3. The number of furan rings is 1. The predicted octanol–water partition coefficient (Wildman–Crippen LogP) is 1.86. The quantitative estimate of drug-likeness (QED) is 0.568. The molecular weight excluding hydrogens is 338 g/mol. The van der Waals surface area contributed by atoms with Crippen LogP contribution in [0.2, 0.25) is 0 Å². The van der Waals surface area contributed by atoms with Crippen LogP contribution in [0.25, 0.3) is 11.0 Å². The largest absolute Gasteiger partial charge is 0.451 e. The Balaban J connectivity index is 1.68. The minimum absolute atomic E-state index is 0.0367. The van der Waals surface area contributed by atoms with Crippen molar-refractivity contribution in [3.8, 4) is 0 Å². The topological polar surface area (TPSA) is 106 Å². The molecule has 1 aliphatic rings. The number of nitrogens with zero attached hydrogens (tertiary/aromatic N) is 4. The molecule has 1 saturated heterocycles. The fourth-order valence-corrected chi connectivity index (χ4v) is 3.27. The minimum atomic E-state index is -0.471. The number of imidazole rings is 1. The number of carbonyl (C=O) groups is 1. The van der Waals surface area contributed by atoms with Crippen molar-refractivity contribution in [3.05, 3.63) is 58.4 Å². The number of piperazine rings is 1. The van der Waals surface area contributed by atoms with Crippen LogP contribution in [0.3, 0.4) is 0 Å². The van der Waals surface area contributed by atoms with Crippen LogP contribution in [0, 0.1) is 10.1 Å². The van der Waals surface area contributed by atoms with E-state index >= 15 is 0 Å². The van der Waals surface area contributed by atoms with Crippen LogP contribution in [-0.4, -0.2) is 44.9 Å². The highest BCUT2D eigenvalue weighted by molar-refractivity contribution is 5.96. The zero-order chi connectivity index (χ0) is 18.3. The number of amides is 1. The maximum atomic E-state index is 13.0. The summed E-state index contributed by atoms with van der Waals surface area (Å²) < 4.78 is 7.54. The molecule has 134 valence electrons. The first kappa shape index (κ1) is 16.3. The van der Waals surface area contributed by atoms with E-state index in [-0.39, 0.29) is 23.4 Å². The van der Waals surface area contributed by atoms with Gasteiger partial charge in [0.05, 0.1) is 4.92 Å². The zero-order valence-corrected chi connectivity index (χ0v) is 14.1. The molecule has 0 bridgehead atoms. The maximum absolute atomic E-state index is 13.0. The molecule has 1 N–H and O–H groups in total. The van der Waals surface area contributed by atoms with E-state index in [1.165, 1.54) is 18.2 Å². The van der Waals surface area contributed by atoms with Gasteiger partial charge in [-0.05, 0) is 12.1 Å². The van der Waals surface area contributed by atoms with Crippen LogP contribution >= 0.6 is 0 Å². The number of hydrogen-bond donors (Lipinski definition) is 1. The number of nitro groups is 1. The molecule has 0 aliphatic carbocycles. The number of hydrogen-bond acceptors (Lipinski definition) is 6. The summed E-state index contributed by atoms with van der Waals surface area (Å²) in [5, 5.41) is 14.7. The second kappa shape index (κ2) is 6.26. The molecule has 0 radical (unpaired) electrons. The van der Waals surface area contributed by atoms with Crippen LogP contribution in [0.15, 0.2) is 41.1 Å².